The van der Waals surface area contributed by atoms with E-state index in [9.17, 15) is 4.79 Å². The fraction of sp³-hybridized carbons (Fsp3) is 0.889. The zero-order valence-electron chi connectivity index (χ0n) is 15.2. The minimum atomic E-state index is 0.102. The van der Waals surface area contributed by atoms with E-state index in [1.165, 1.54) is 25.7 Å². The molecule has 3 fully saturated rings. The molecule has 0 atom stereocenters. The summed E-state index contributed by atoms with van der Waals surface area (Å²) in [5.41, 5.74) is 0. The van der Waals surface area contributed by atoms with Gasteiger partial charge in [0.05, 0.1) is 6.54 Å². The number of nitrogens with zero attached hydrogens (tertiary/aromatic N) is 2. The first-order valence-corrected chi connectivity index (χ1v) is 9.59. The van der Waals surface area contributed by atoms with Crippen molar-refractivity contribution in [2.75, 3.05) is 40.3 Å². The number of hydrogen-bond acceptors (Lipinski definition) is 3. The van der Waals surface area contributed by atoms with Gasteiger partial charge in [-0.3, -0.25) is 14.7 Å². The Morgan fingerprint density at radius 3 is 2.25 bits per heavy atom. The zero-order chi connectivity index (χ0) is 16.9. The van der Waals surface area contributed by atoms with Gasteiger partial charge in [0.25, 0.3) is 0 Å². The molecule has 0 spiro atoms. The third kappa shape index (κ3) is 5.10. The SMILES string of the molecule is CN=C(NCC(C1CC1)C1CC1)NC1CCN(CC(=O)NC)CC1. The fourth-order valence-corrected chi connectivity index (χ4v) is 3.89. The standard InChI is InChI=1S/C18H33N5O/c1-19-17(24)12-23-9-7-15(8-10-23)22-18(20-2)21-11-16(13-3-4-13)14-5-6-14/h13-16H,3-12H2,1-2H3,(H,19,24)(H2,20,21,22). The van der Waals surface area contributed by atoms with E-state index in [-0.39, 0.29) is 5.91 Å². The summed E-state index contributed by atoms with van der Waals surface area (Å²) in [6.45, 7) is 3.52. The van der Waals surface area contributed by atoms with Crippen LogP contribution in [0.1, 0.15) is 38.5 Å². The van der Waals surface area contributed by atoms with E-state index in [1.54, 1.807) is 7.05 Å². The van der Waals surface area contributed by atoms with Gasteiger partial charge in [0.15, 0.2) is 5.96 Å². The molecule has 136 valence electrons. The summed E-state index contributed by atoms with van der Waals surface area (Å²) in [5.74, 6) is 3.85. The second-order valence-corrected chi connectivity index (χ2v) is 7.66. The van der Waals surface area contributed by atoms with Crippen LogP contribution in [0.3, 0.4) is 0 Å². The van der Waals surface area contributed by atoms with Crippen molar-refractivity contribution in [3.05, 3.63) is 0 Å². The normalized spacial score (nSPS) is 23.4. The number of nitrogens with one attached hydrogen (secondary N) is 3. The summed E-state index contributed by atoms with van der Waals surface area (Å²) < 4.78 is 0. The van der Waals surface area contributed by atoms with Crippen molar-refractivity contribution in [1.82, 2.24) is 20.9 Å². The van der Waals surface area contributed by atoms with Crippen LogP contribution in [-0.2, 0) is 4.79 Å². The third-order valence-corrected chi connectivity index (χ3v) is 5.76. The lowest BCUT2D eigenvalue weighted by molar-refractivity contribution is -0.122. The number of carbonyl (C=O) groups is 1. The highest BCUT2D eigenvalue weighted by Gasteiger charge is 2.41. The number of likely N-dealkylation sites (N-methyl/N-ethyl adjacent to an activating group) is 1. The summed E-state index contributed by atoms with van der Waals surface area (Å²) in [6, 6.07) is 0.456. The van der Waals surface area contributed by atoms with Crippen LogP contribution in [0.15, 0.2) is 4.99 Å². The number of amides is 1. The van der Waals surface area contributed by atoms with Crippen LogP contribution in [0.5, 0.6) is 0 Å². The molecule has 24 heavy (non-hydrogen) atoms. The first-order valence-electron chi connectivity index (χ1n) is 9.59. The molecule has 2 aliphatic carbocycles. The highest BCUT2D eigenvalue weighted by molar-refractivity contribution is 5.80. The van der Waals surface area contributed by atoms with E-state index in [0.29, 0.717) is 12.6 Å². The van der Waals surface area contributed by atoms with E-state index in [0.717, 1.165) is 56.2 Å². The van der Waals surface area contributed by atoms with Crippen molar-refractivity contribution in [3.8, 4) is 0 Å². The van der Waals surface area contributed by atoms with Crippen LogP contribution in [0.4, 0.5) is 0 Å². The maximum absolute atomic E-state index is 11.5. The smallest absolute Gasteiger partial charge is 0.233 e. The molecule has 0 aromatic carbocycles. The minimum absolute atomic E-state index is 0.102. The van der Waals surface area contributed by atoms with Crippen molar-refractivity contribution < 1.29 is 4.79 Å². The highest BCUT2D eigenvalue weighted by Crippen LogP contribution is 2.48. The van der Waals surface area contributed by atoms with Gasteiger partial charge in [-0.1, -0.05) is 0 Å². The first-order chi connectivity index (χ1) is 11.7. The predicted octanol–water partition coefficient (Wildman–Crippen LogP) is 0.798. The Kier molecular flexibility index (Phi) is 5.98. The van der Waals surface area contributed by atoms with E-state index < -0.39 is 0 Å². The van der Waals surface area contributed by atoms with Crippen LogP contribution in [0.25, 0.3) is 0 Å². The van der Waals surface area contributed by atoms with Gasteiger partial charge < -0.3 is 16.0 Å². The summed E-state index contributed by atoms with van der Waals surface area (Å²) in [4.78, 5) is 18.1. The number of hydrogen-bond donors (Lipinski definition) is 3. The zero-order valence-corrected chi connectivity index (χ0v) is 15.2. The maximum Gasteiger partial charge on any atom is 0.233 e. The van der Waals surface area contributed by atoms with Gasteiger partial charge in [0, 0.05) is 39.8 Å². The van der Waals surface area contributed by atoms with Gasteiger partial charge in [-0.15, -0.1) is 0 Å². The number of piperidine rings is 1. The van der Waals surface area contributed by atoms with Gasteiger partial charge in [0.1, 0.15) is 0 Å². The first kappa shape index (κ1) is 17.5. The molecule has 6 heteroatoms. The molecule has 0 radical (unpaired) electrons. The van der Waals surface area contributed by atoms with E-state index >= 15 is 0 Å². The summed E-state index contributed by atoms with van der Waals surface area (Å²) in [5, 5.41) is 9.85. The molecule has 0 unspecified atom stereocenters. The molecule has 1 saturated heterocycles. The van der Waals surface area contributed by atoms with Crippen molar-refractivity contribution in [2.24, 2.45) is 22.7 Å². The summed E-state index contributed by atoms with van der Waals surface area (Å²) in [6.07, 6.45) is 7.84. The molecule has 1 aliphatic heterocycles. The molecule has 1 heterocycles. The average molecular weight is 335 g/mol. The number of likely N-dealkylation sites (tertiary alicyclic amines) is 1. The minimum Gasteiger partial charge on any atom is -0.358 e. The number of guanidine groups is 1. The Labute approximate surface area is 145 Å². The van der Waals surface area contributed by atoms with E-state index in [2.05, 4.69) is 25.8 Å². The van der Waals surface area contributed by atoms with Gasteiger partial charge in [-0.25, -0.2) is 0 Å². The Morgan fingerprint density at radius 1 is 1.12 bits per heavy atom. The lowest BCUT2D eigenvalue weighted by Gasteiger charge is -2.32. The molecule has 0 aromatic heterocycles. The van der Waals surface area contributed by atoms with Gasteiger partial charge in [-0.2, -0.15) is 0 Å². The molecule has 3 aliphatic rings. The van der Waals surface area contributed by atoms with E-state index in [4.69, 9.17) is 0 Å². The second kappa shape index (κ2) is 8.19. The van der Waals surface area contributed by atoms with Crippen molar-refractivity contribution >= 4 is 11.9 Å². The van der Waals surface area contributed by atoms with Crippen LogP contribution < -0.4 is 16.0 Å². The van der Waals surface area contributed by atoms with Crippen molar-refractivity contribution in [1.29, 1.82) is 0 Å². The van der Waals surface area contributed by atoms with Crippen LogP contribution in [0.2, 0.25) is 0 Å². The van der Waals surface area contributed by atoms with Crippen LogP contribution >= 0.6 is 0 Å². The highest BCUT2D eigenvalue weighted by atomic mass is 16.1. The molecule has 1 amide bonds. The monoisotopic (exact) mass is 335 g/mol. The number of rotatable bonds is 7. The molecular weight excluding hydrogens is 302 g/mol. The second-order valence-electron chi connectivity index (χ2n) is 7.66. The molecule has 2 saturated carbocycles. The van der Waals surface area contributed by atoms with E-state index in [1.807, 2.05) is 7.05 Å². The Bertz CT molecular complexity index is 438. The molecule has 3 N–H and O–H groups in total. The van der Waals surface area contributed by atoms with Gasteiger partial charge >= 0.3 is 0 Å². The largest absolute Gasteiger partial charge is 0.358 e. The fourth-order valence-electron chi connectivity index (χ4n) is 3.89. The van der Waals surface area contributed by atoms with Crippen molar-refractivity contribution in [2.45, 2.75) is 44.6 Å². The molecular formula is C18H33N5O. The lowest BCUT2D eigenvalue weighted by atomic mass is 9.98. The molecule has 6 nitrogen and oxygen atoms in total. The summed E-state index contributed by atoms with van der Waals surface area (Å²) >= 11 is 0. The number of aliphatic imine (C=N–C) groups is 1. The molecule has 0 bridgehead atoms. The lowest BCUT2D eigenvalue weighted by Crippen LogP contribution is -2.50. The third-order valence-electron chi connectivity index (χ3n) is 5.76. The van der Waals surface area contributed by atoms with Gasteiger partial charge in [-0.05, 0) is 56.3 Å². The summed E-state index contributed by atoms with van der Waals surface area (Å²) in [7, 11) is 3.56. The van der Waals surface area contributed by atoms with Crippen molar-refractivity contribution in [3.63, 3.8) is 0 Å². The molecule has 3 rings (SSSR count). The van der Waals surface area contributed by atoms with Gasteiger partial charge in [0.2, 0.25) is 5.91 Å². The quantitative estimate of drug-likeness (QED) is 0.475. The average Bonchev–Trinajstić information content (AvgIpc) is 3.48. The van der Waals surface area contributed by atoms with Crippen LogP contribution in [-0.4, -0.2) is 63.1 Å². The Hall–Kier alpha value is -1.30. The Balaban J connectivity index is 1.37. The number of carbonyl (C=O) groups excluding carboxylic acids is 1. The maximum atomic E-state index is 11.5. The van der Waals surface area contributed by atoms with Crippen LogP contribution in [0, 0.1) is 17.8 Å². The topological polar surface area (TPSA) is 68.8 Å². The predicted molar refractivity (Wildman–Crippen MR) is 97.0 cm³/mol. The Morgan fingerprint density at radius 2 is 1.75 bits per heavy atom. The molecule has 0 aromatic rings.